The minimum atomic E-state index is 0.177. The number of para-hydroxylation sites is 2. The normalized spacial score (nSPS) is 12.1. The van der Waals surface area contributed by atoms with Gasteiger partial charge in [0.25, 0.3) is 11.8 Å². The van der Waals surface area contributed by atoms with Gasteiger partial charge in [-0.2, -0.15) is 0 Å². The van der Waals surface area contributed by atoms with Gasteiger partial charge in [0.15, 0.2) is 11.3 Å². The molecule has 0 saturated carbocycles. The predicted molar refractivity (Wildman–Crippen MR) is 158 cm³/mol. The second kappa shape index (κ2) is 8.45. The maximum absolute atomic E-state index is 5.82. The number of benzene rings is 2. The zero-order chi connectivity index (χ0) is 28.8. The Bertz CT molecular complexity index is 2730. The van der Waals surface area contributed by atoms with E-state index in [4.69, 9.17) is 28.8 Å². The molecule has 0 radical (unpaired) electrons. The highest BCUT2D eigenvalue weighted by Crippen LogP contribution is 2.37. The molecule has 0 amide bonds. The summed E-state index contributed by atoms with van der Waals surface area (Å²) in [5, 5.41) is 20.4. The van der Waals surface area contributed by atoms with E-state index >= 15 is 0 Å². The zero-order valence-electron chi connectivity index (χ0n) is 22.4. The summed E-state index contributed by atoms with van der Waals surface area (Å²) >= 11 is 0. The van der Waals surface area contributed by atoms with Crippen LogP contribution >= 0.6 is 0 Å². The molecule has 0 spiro atoms. The second-order valence-electron chi connectivity index (χ2n) is 10.2. The first kappa shape index (κ1) is 23.0. The van der Waals surface area contributed by atoms with Crippen molar-refractivity contribution in [3.63, 3.8) is 0 Å². The van der Waals surface area contributed by atoms with Gasteiger partial charge in [-0.3, -0.25) is 18.8 Å². The molecule has 0 aliphatic carbocycles. The lowest BCUT2D eigenvalue weighted by atomic mass is 10.1. The lowest BCUT2D eigenvalue weighted by Crippen LogP contribution is -2.25. The number of hydrogen-bond acceptors (Lipinski definition) is 11. The average Bonchev–Trinajstić information content (AvgIpc) is 3.89. The van der Waals surface area contributed by atoms with Gasteiger partial charge >= 0.3 is 0 Å². The van der Waals surface area contributed by atoms with Crippen molar-refractivity contribution in [3.05, 3.63) is 110 Å². The largest absolute Gasteiger partial charge is 0.423 e. The van der Waals surface area contributed by atoms with Gasteiger partial charge in [-0.05, 0) is 12.1 Å². The molecule has 10 aromatic rings. The van der Waals surface area contributed by atoms with E-state index in [9.17, 15) is 0 Å². The molecule has 8 heterocycles. The van der Waals surface area contributed by atoms with Crippen LogP contribution in [0, 0.1) is 0 Å². The van der Waals surface area contributed by atoms with Gasteiger partial charge in [-0.25, -0.2) is 15.0 Å². The molecular formula is C31H15N11O2. The third-order valence-electron chi connectivity index (χ3n) is 7.95. The van der Waals surface area contributed by atoms with E-state index in [0.29, 0.717) is 27.9 Å². The summed E-state index contributed by atoms with van der Waals surface area (Å²) in [5.74, 6) is 0.354. The van der Waals surface area contributed by atoms with Crippen LogP contribution in [0.25, 0.3) is 71.7 Å². The molecule has 206 valence electrons. The molecule has 0 N–H and O–H groups in total. The average molecular weight is 574 g/mol. The molecule has 0 fully saturated rings. The second-order valence-corrected chi connectivity index (χ2v) is 10.2. The van der Waals surface area contributed by atoms with Crippen LogP contribution in [0.3, 0.4) is 0 Å². The van der Waals surface area contributed by atoms with E-state index in [1.165, 1.54) is 12.8 Å². The highest BCUT2D eigenvalue weighted by Gasteiger charge is 2.27. The SMILES string of the molecule is c1cc2c3cccc4c5nc(-c6ccncc6)cnc5n(c(=C(c5nnco5)c5nnco5)n5c6nccnc6c(c1)c25)c34. The van der Waals surface area contributed by atoms with Gasteiger partial charge in [-0.1, -0.05) is 36.4 Å². The summed E-state index contributed by atoms with van der Waals surface area (Å²) in [4.78, 5) is 23.9. The fraction of sp³-hybridized carbons (Fsp3) is 0. The molecule has 2 aromatic carbocycles. The van der Waals surface area contributed by atoms with Gasteiger partial charge in [0, 0.05) is 51.9 Å². The Balaban J connectivity index is 1.60. The highest BCUT2D eigenvalue weighted by molar-refractivity contribution is 6.22. The summed E-state index contributed by atoms with van der Waals surface area (Å²) in [5.41, 5.74) is 7.02. The maximum atomic E-state index is 5.82. The van der Waals surface area contributed by atoms with Crippen molar-refractivity contribution >= 4 is 60.5 Å². The Kier molecular flexibility index (Phi) is 4.42. The lowest BCUT2D eigenvalue weighted by molar-refractivity contribution is 0.512. The number of aromatic nitrogens is 11. The van der Waals surface area contributed by atoms with E-state index in [0.717, 1.165) is 49.4 Å². The number of pyridine rings is 1. The van der Waals surface area contributed by atoms with Crippen molar-refractivity contribution in [2.45, 2.75) is 0 Å². The molecule has 8 aromatic heterocycles. The summed E-state index contributed by atoms with van der Waals surface area (Å²) in [6.07, 6.45) is 11.1. The van der Waals surface area contributed by atoms with Crippen molar-refractivity contribution in [3.8, 4) is 11.3 Å². The third-order valence-corrected chi connectivity index (χ3v) is 7.95. The molecule has 13 nitrogen and oxygen atoms in total. The molecule has 0 saturated heterocycles. The maximum Gasteiger partial charge on any atom is 0.256 e. The van der Waals surface area contributed by atoms with Gasteiger partial charge in [0.1, 0.15) is 22.1 Å². The number of rotatable bonds is 3. The molecule has 10 rings (SSSR count). The van der Waals surface area contributed by atoms with E-state index in [1.54, 1.807) is 31.0 Å². The lowest BCUT2D eigenvalue weighted by Gasteiger charge is -2.05. The summed E-state index contributed by atoms with van der Waals surface area (Å²) in [6, 6.07) is 16.2. The van der Waals surface area contributed by atoms with Crippen LogP contribution in [-0.2, 0) is 0 Å². The third kappa shape index (κ3) is 2.93. The van der Waals surface area contributed by atoms with Crippen LogP contribution in [-0.4, -0.2) is 54.1 Å². The van der Waals surface area contributed by atoms with Crippen LogP contribution in [0.15, 0.2) is 101 Å². The standard InChI is InChI=1S/C31H15N11O2/c1-3-17-18-4-2-6-20-24-28(35-13-21(38-24)16-7-9-32-10-8-16)42(26(18)20)31(22(29-39-36-14-43-29)30-40-37-15-44-30)41-25(17)19(5-1)23-27(41)34-12-11-33-23/h1-15H. The van der Waals surface area contributed by atoms with Crippen LogP contribution in [0.5, 0.6) is 0 Å². The molecule has 0 unspecified atom stereocenters. The number of nitrogens with zero attached hydrogens (tertiary/aromatic N) is 11. The van der Waals surface area contributed by atoms with Crippen molar-refractivity contribution in [1.82, 2.24) is 54.1 Å². The fourth-order valence-corrected chi connectivity index (χ4v) is 6.25. The van der Waals surface area contributed by atoms with Crippen LogP contribution in [0.1, 0.15) is 11.8 Å². The quantitative estimate of drug-likeness (QED) is 0.299. The molecule has 0 aliphatic rings. The molecule has 0 atom stereocenters. The first-order chi connectivity index (χ1) is 21.9. The molecule has 44 heavy (non-hydrogen) atoms. The Hall–Kier alpha value is -6.63. The van der Waals surface area contributed by atoms with Crippen LogP contribution in [0.2, 0.25) is 0 Å². The molecule has 0 bridgehead atoms. The molecular weight excluding hydrogens is 558 g/mol. The molecule has 0 aliphatic heterocycles. The Labute approximate surface area is 244 Å². The topological polar surface area (TPSA) is 151 Å². The first-order valence-corrected chi connectivity index (χ1v) is 13.6. The smallest absolute Gasteiger partial charge is 0.256 e. The fourth-order valence-electron chi connectivity index (χ4n) is 6.25. The number of hydrogen-bond donors (Lipinski definition) is 0. The van der Waals surface area contributed by atoms with Gasteiger partial charge in [-0.15, -0.1) is 20.4 Å². The first-order valence-electron chi connectivity index (χ1n) is 13.6. The Morgan fingerprint density at radius 2 is 1.23 bits per heavy atom. The van der Waals surface area contributed by atoms with Crippen molar-refractivity contribution in [2.24, 2.45) is 0 Å². The summed E-state index contributed by atoms with van der Waals surface area (Å²) in [7, 11) is 0. The number of fused-ring (bicyclic) bond motifs is 7. The van der Waals surface area contributed by atoms with E-state index < -0.39 is 0 Å². The van der Waals surface area contributed by atoms with E-state index in [2.05, 4.69) is 43.6 Å². The minimum absolute atomic E-state index is 0.177. The highest BCUT2D eigenvalue weighted by atomic mass is 16.4. The monoisotopic (exact) mass is 573 g/mol. The Morgan fingerprint density at radius 1 is 0.614 bits per heavy atom. The Morgan fingerprint density at radius 3 is 1.89 bits per heavy atom. The predicted octanol–water partition coefficient (Wildman–Crippen LogP) is 4.18. The van der Waals surface area contributed by atoms with Crippen molar-refractivity contribution in [2.75, 3.05) is 0 Å². The van der Waals surface area contributed by atoms with E-state index in [-0.39, 0.29) is 11.8 Å². The van der Waals surface area contributed by atoms with Crippen molar-refractivity contribution in [1.29, 1.82) is 0 Å². The summed E-state index contributed by atoms with van der Waals surface area (Å²) < 4.78 is 15.7. The van der Waals surface area contributed by atoms with Gasteiger partial charge < -0.3 is 8.83 Å². The van der Waals surface area contributed by atoms with Crippen LogP contribution in [0.4, 0.5) is 0 Å². The molecule has 13 heteroatoms. The van der Waals surface area contributed by atoms with Gasteiger partial charge in [0.2, 0.25) is 12.8 Å². The summed E-state index contributed by atoms with van der Waals surface area (Å²) in [6.45, 7) is 0. The van der Waals surface area contributed by atoms with Crippen molar-refractivity contribution < 1.29 is 8.83 Å². The zero-order valence-corrected chi connectivity index (χ0v) is 22.4. The van der Waals surface area contributed by atoms with Crippen LogP contribution < -0.4 is 5.48 Å². The van der Waals surface area contributed by atoms with Gasteiger partial charge in [0.05, 0.1) is 22.9 Å². The van der Waals surface area contributed by atoms with E-state index in [1.807, 2.05) is 39.1 Å². The minimum Gasteiger partial charge on any atom is -0.423 e.